The van der Waals surface area contributed by atoms with Gasteiger partial charge in [-0.3, -0.25) is 9.59 Å². The minimum Gasteiger partial charge on any atom is -0.349 e. The van der Waals surface area contributed by atoms with Crippen LogP contribution in [-0.4, -0.2) is 36.2 Å². The fourth-order valence-corrected chi connectivity index (χ4v) is 3.23. The summed E-state index contributed by atoms with van der Waals surface area (Å²) in [6, 6.07) is 5.37. The summed E-state index contributed by atoms with van der Waals surface area (Å²) < 4.78 is 37.9. The third kappa shape index (κ3) is 2.58. The number of sulfone groups is 1. The van der Waals surface area contributed by atoms with Crippen molar-refractivity contribution in [3.63, 3.8) is 0 Å². The molecule has 0 saturated heterocycles. The van der Waals surface area contributed by atoms with Gasteiger partial charge in [0.25, 0.3) is 0 Å². The van der Waals surface area contributed by atoms with Crippen molar-refractivity contribution in [3.8, 4) is 0 Å². The lowest BCUT2D eigenvalue weighted by molar-refractivity contribution is 0.0974. The number of anilines is 1. The number of Topliss-reactive ketones (excluding diaryl/α,β-unsaturated/α-hetero) is 2. The Balaban J connectivity index is 2.24. The summed E-state index contributed by atoms with van der Waals surface area (Å²) >= 11 is 0. The van der Waals surface area contributed by atoms with E-state index in [1.165, 1.54) is 30.6 Å². The van der Waals surface area contributed by atoms with Crippen molar-refractivity contribution in [2.75, 3.05) is 11.6 Å². The molecule has 9 heteroatoms. The Labute approximate surface area is 136 Å². The van der Waals surface area contributed by atoms with Crippen LogP contribution < -0.4 is 5.32 Å². The second-order valence-corrected chi connectivity index (χ2v) is 6.95. The number of carbonyl (C=O) groups is 2. The van der Waals surface area contributed by atoms with Gasteiger partial charge in [-0.15, -0.1) is 0 Å². The average Bonchev–Trinajstić information content (AvgIpc) is 2.53. The Hall–Kier alpha value is -2.94. The van der Waals surface area contributed by atoms with Gasteiger partial charge in [-0.1, -0.05) is 12.1 Å². The smallest absolute Gasteiger partial charge is 0.231 e. The first-order valence-corrected chi connectivity index (χ1v) is 8.56. The molecule has 1 aliphatic rings. The molecule has 0 spiro atoms. The number of hydrogen-bond acceptors (Lipinski definition) is 7. The number of benzene rings is 1. The van der Waals surface area contributed by atoms with E-state index in [4.69, 9.17) is 0 Å². The molecular formula is C15H10FN3O4S. The van der Waals surface area contributed by atoms with Crippen LogP contribution in [0.4, 0.5) is 10.1 Å². The average molecular weight is 347 g/mol. The van der Waals surface area contributed by atoms with Gasteiger partial charge in [0.2, 0.25) is 11.6 Å². The van der Waals surface area contributed by atoms with Crippen molar-refractivity contribution in [3.05, 3.63) is 64.5 Å². The van der Waals surface area contributed by atoms with Gasteiger partial charge in [-0.25, -0.2) is 22.8 Å². The Morgan fingerprint density at radius 1 is 1.00 bits per heavy atom. The Bertz CT molecular complexity index is 1010. The Morgan fingerprint density at radius 2 is 1.58 bits per heavy atom. The number of ketones is 2. The molecule has 1 heterocycles. The van der Waals surface area contributed by atoms with Crippen molar-refractivity contribution in [2.24, 2.45) is 0 Å². The minimum atomic E-state index is -4.08. The number of carbonyl (C=O) groups excluding carboxylic acids is 2. The zero-order chi connectivity index (χ0) is 17.5. The zero-order valence-corrected chi connectivity index (χ0v) is 13.1. The van der Waals surface area contributed by atoms with Crippen LogP contribution >= 0.6 is 0 Å². The first-order chi connectivity index (χ1) is 11.3. The molecule has 0 atom stereocenters. The van der Waals surface area contributed by atoms with E-state index < -0.39 is 37.8 Å². The van der Waals surface area contributed by atoms with E-state index in [9.17, 15) is 22.4 Å². The summed E-state index contributed by atoms with van der Waals surface area (Å²) in [5.41, 5.74) is -1.31. The van der Waals surface area contributed by atoms with E-state index in [1.807, 2.05) is 0 Å². The molecule has 0 fully saturated rings. The number of aromatic nitrogens is 2. The van der Waals surface area contributed by atoms with Gasteiger partial charge in [0.1, 0.15) is 27.8 Å². The van der Waals surface area contributed by atoms with Gasteiger partial charge in [-0.05, 0) is 12.1 Å². The lowest BCUT2D eigenvalue weighted by atomic mass is 10.0. The van der Waals surface area contributed by atoms with Gasteiger partial charge >= 0.3 is 0 Å². The molecule has 2 aromatic rings. The van der Waals surface area contributed by atoms with E-state index in [0.29, 0.717) is 0 Å². The van der Waals surface area contributed by atoms with Crippen molar-refractivity contribution in [2.45, 2.75) is 0 Å². The van der Waals surface area contributed by atoms with E-state index in [-0.39, 0.29) is 17.1 Å². The molecule has 1 aromatic carbocycles. The largest absolute Gasteiger partial charge is 0.349 e. The number of allylic oxidation sites excluding steroid dienone is 2. The molecule has 3 rings (SSSR count). The van der Waals surface area contributed by atoms with Crippen LogP contribution in [0.1, 0.15) is 21.0 Å². The normalized spacial score (nSPS) is 14.6. The molecule has 0 amide bonds. The molecule has 7 nitrogen and oxygen atoms in total. The van der Waals surface area contributed by atoms with Crippen LogP contribution in [0.5, 0.6) is 0 Å². The number of halogens is 1. The van der Waals surface area contributed by atoms with Gasteiger partial charge < -0.3 is 5.32 Å². The van der Waals surface area contributed by atoms with Crippen molar-refractivity contribution >= 4 is 27.1 Å². The Morgan fingerprint density at radius 3 is 2.17 bits per heavy atom. The number of para-hydroxylation sites is 1. The van der Waals surface area contributed by atoms with Crippen LogP contribution in [0.3, 0.4) is 0 Å². The lowest BCUT2D eigenvalue weighted by Crippen LogP contribution is -2.31. The molecule has 1 aromatic heterocycles. The number of fused-ring (bicyclic) bond motifs is 1. The fraction of sp³-hybridized carbons (Fsp3) is 0.0667. The van der Waals surface area contributed by atoms with Crippen molar-refractivity contribution in [1.29, 1.82) is 0 Å². The molecule has 122 valence electrons. The van der Waals surface area contributed by atoms with E-state index in [2.05, 4.69) is 15.3 Å². The maximum absolute atomic E-state index is 13.8. The van der Waals surface area contributed by atoms with Gasteiger partial charge in [0.15, 0.2) is 9.84 Å². The quantitative estimate of drug-likeness (QED) is 0.893. The monoisotopic (exact) mass is 347 g/mol. The second kappa shape index (κ2) is 5.60. The summed E-state index contributed by atoms with van der Waals surface area (Å²) in [6.07, 6.45) is 3.17. The molecule has 0 saturated carbocycles. The number of nitrogens with one attached hydrogen (secondary N) is 1. The number of hydrogen-bond donors (Lipinski definition) is 1. The standard InChI is InChI=1S/C15H10FN3O4S/c1-24(22,23)15-12(19-9-5-3-2-4-8(9)16)13(20)10-11(14(15)21)18-7-6-17-10/h2-7,19H,1H3. The van der Waals surface area contributed by atoms with E-state index in [0.717, 1.165) is 12.3 Å². The maximum Gasteiger partial charge on any atom is 0.231 e. The second-order valence-electron chi connectivity index (χ2n) is 4.99. The van der Waals surface area contributed by atoms with Crippen LogP contribution in [0, 0.1) is 5.82 Å². The summed E-state index contributed by atoms with van der Waals surface area (Å²) in [6.45, 7) is 0. The zero-order valence-electron chi connectivity index (χ0n) is 12.3. The highest BCUT2D eigenvalue weighted by atomic mass is 32.2. The highest BCUT2D eigenvalue weighted by molar-refractivity contribution is 7.95. The lowest BCUT2D eigenvalue weighted by Gasteiger charge is -2.19. The first-order valence-electron chi connectivity index (χ1n) is 6.67. The summed E-state index contributed by atoms with van der Waals surface area (Å²) in [5.74, 6) is -2.51. The predicted molar refractivity (Wildman–Crippen MR) is 82.6 cm³/mol. The molecule has 24 heavy (non-hydrogen) atoms. The Kier molecular flexibility index (Phi) is 3.72. The van der Waals surface area contributed by atoms with E-state index >= 15 is 0 Å². The summed E-state index contributed by atoms with van der Waals surface area (Å²) in [7, 11) is -4.08. The molecule has 0 aliphatic heterocycles. The topological polar surface area (TPSA) is 106 Å². The molecule has 0 unspecified atom stereocenters. The van der Waals surface area contributed by atoms with Gasteiger partial charge in [-0.2, -0.15) is 0 Å². The van der Waals surface area contributed by atoms with E-state index in [1.54, 1.807) is 0 Å². The first kappa shape index (κ1) is 15.9. The molecular weight excluding hydrogens is 337 g/mol. The van der Waals surface area contributed by atoms with Gasteiger partial charge in [0.05, 0.1) is 5.69 Å². The molecule has 1 aliphatic carbocycles. The third-order valence-corrected chi connectivity index (χ3v) is 4.42. The van der Waals surface area contributed by atoms with Gasteiger partial charge in [0, 0.05) is 18.6 Å². The maximum atomic E-state index is 13.8. The minimum absolute atomic E-state index is 0.137. The molecule has 0 bridgehead atoms. The number of rotatable bonds is 3. The highest BCUT2D eigenvalue weighted by Crippen LogP contribution is 2.28. The predicted octanol–water partition coefficient (Wildman–Crippen LogP) is 1.36. The van der Waals surface area contributed by atoms with Crippen molar-refractivity contribution in [1.82, 2.24) is 9.97 Å². The van der Waals surface area contributed by atoms with Crippen molar-refractivity contribution < 1.29 is 22.4 Å². The molecule has 1 N–H and O–H groups in total. The summed E-state index contributed by atoms with van der Waals surface area (Å²) in [5, 5.41) is 2.41. The van der Waals surface area contributed by atoms with Crippen LogP contribution in [-0.2, 0) is 9.84 Å². The van der Waals surface area contributed by atoms with Crippen LogP contribution in [0.15, 0.2) is 47.3 Å². The fourth-order valence-electron chi connectivity index (χ4n) is 2.28. The third-order valence-electron chi connectivity index (χ3n) is 3.29. The van der Waals surface area contributed by atoms with Crippen LogP contribution in [0.25, 0.3) is 0 Å². The van der Waals surface area contributed by atoms with Crippen LogP contribution in [0.2, 0.25) is 0 Å². The summed E-state index contributed by atoms with van der Waals surface area (Å²) in [4.78, 5) is 31.8. The SMILES string of the molecule is CS(=O)(=O)C1=C(Nc2ccccc2F)C(=O)c2nccnc2C1=O. The molecule has 0 radical (unpaired) electrons. The highest BCUT2D eigenvalue weighted by Gasteiger charge is 2.39. The number of nitrogens with zero attached hydrogens (tertiary/aromatic N) is 2.